The van der Waals surface area contributed by atoms with Gasteiger partial charge in [-0.1, -0.05) is 62.9 Å². The number of nitrogens with two attached hydrogens (primary N) is 1. The first-order valence-corrected chi connectivity index (χ1v) is 14.6. The second-order valence-corrected chi connectivity index (χ2v) is 12.1. The van der Waals surface area contributed by atoms with Crippen molar-refractivity contribution < 1.29 is 4.79 Å². The molecule has 38 heavy (non-hydrogen) atoms. The van der Waals surface area contributed by atoms with Crippen molar-refractivity contribution in [3.8, 4) is 0 Å². The molecule has 3 aliphatic rings. The Labute approximate surface area is 225 Å². The van der Waals surface area contributed by atoms with E-state index in [9.17, 15) is 4.79 Å². The number of fused-ring (bicyclic) bond motifs is 1. The van der Waals surface area contributed by atoms with Gasteiger partial charge in [-0.05, 0) is 68.8 Å². The number of benzene rings is 1. The van der Waals surface area contributed by atoms with Crippen LogP contribution in [0.25, 0.3) is 11.2 Å². The van der Waals surface area contributed by atoms with Crippen LogP contribution < -0.4 is 16.6 Å². The summed E-state index contributed by atoms with van der Waals surface area (Å²) >= 11 is 0. The van der Waals surface area contributed by atoms with E-state index in [0.717, 1.165) is 36.6 Å². The first-order valence-electron chi connectivity index (χ1n) is 14.6. The first-order chi connectivity index (χ1) is 18.5. The summed E-state index contributed by atoms with van der Waals surface area (Å²) in [6.45, 7) is 5.50. The monoisotopic (exact) mass is 515 g/mol. The lowest BCUT2D eigenvalue weighted by Gasteiger charge is -2.42. The molecule has 3 saturated carbocycles. The van der Waals surface area contributed by atoms with E-state index in [1.54, 1.807) is 0 Å². The molecule has 0 bridgehead atoms. The van der Waals surface area contributed by atoms with Gasteiger partial charge in [0, 0.05) is 12.6 Å². The lowest BCUT2D eigenvalue weighted by molar-refractivity contribution is 0.0943. The predicted octanol–water partition coefficient (Wildman–Crippen LogP) is 5.33. The molecule has 8 heteroatoms. The highest BCUT2D eigenvalue weighted by atomic mass is 16.2. The maximum atomic E-state index is 12.6. The van der Waals surface area contributed by atoms with E-state index in [4.69, 9.17) is 15.8 Å². The van der Waals surface area contributed by atoms with E-state index >= 15 is 0 Å². The smallest absolute Gasteiger partial charge is 0.303 e. The number of hydrazine groups is 1. The number of rotatable bonds is 8. The molecule has 3 fully saturated rings. The molecule has 2 aromatic heterocycles. The minimum Gasteiger partial charge on any atom is -0.365 e. The highest BCUT2D eigenvalue weighted by Gasteiger charge is 2.45. The van der Waals surface area contributed by atoms with Gasteiger partial charge in [0.1, 0.15) is 11.3 Å². The Morgan fingerprint density at radius 2 is 1.79 bits per heavy atom. The summed E-state index contributed by atoms with van der Waals surface area (Å²) in [5, 5.41) is 3.70. The van der Waals surface area contributed by atoms with Crippen molar-refractivity contribution in [3.63, 3.8) is 0 Å². The molecule has 1 aromatic carbocycles. The predicted molar refractivity (Wildman–Crippen MR) is 150 cm³/mol. The quantitative estimate of drug-likeness (QED) is 0.213. The number of hydrogen-bond acceptors (Lipinski definition) is 6. The van der Waals surface area contributed by atoms with Gasteiger partial charge in [-0.15, -0.1) is 0 Å². The Morgan fingerprint density at radius 1 is 1.05 bits per heavy atom. The average Bonchev–Trinajstić information content (AvgIpc) is 3.22. The number of nitrogens with zero attached hydrogens (tertiary/aromatic N) is 4. The summed E-state index contributed by atoms with van der Waals surface area (Å²) in [5.41, 5.74) is 4.90. The van der Waals surface area contributed by atoms with E-state index in [2.05, 4.69) is 64.5 Å². The Morgan fingerprint density at radius 3 is 2.39 bits per heavy atom. The molecule has 0 aliphatic heterocycles. The van der Waals surface area contributed by atoms with Crippen molar-refractivity contribution in [1.29, 1.82) is 0 Å². The maximum absolute atomic E-state index is 12.6. The number of aromatic nitrogens is 4. The number of hydrogen-bond donors (Lipinski definition) is 3. The Kier molecular flexibility index (Phi) is 6.84. The molecule has 1 atom stereocenters. The molecular formula is C30H41N7O. The second kappa shape index (κ2) is 10.3. The Balaban J connectivity index is 1.52. The molecule has 2 heterocycles. The van der Waals surface area contributed by atoms with Crippen molar-refractivity contribution in [2.75, 3.05) is 5.32 Å². The second-order valence-electron chi connectivity index (χ2n) is 12.1. The molecule has 0 spiro atoms. The first kappa shape index (κ1) is 25.3. The number of anilines is 1. The maximum Gasteiger partial charge on any atom is 0.303 e. The van der Waals surface area contributed by atoms with Crippen LogP contribution in [0.1, 0.15) is 100 Å². The van der Waals surface area contributed by atoms with Crippen molar-refractivity contribution in [2.24, 2.45) is 23.6 Å². The standard InChI is InChI=1S/C30H41N7O/c1-19-12-14-21(15-13-19)18-37-24-25(32-20(2)22-8-6-9-22)33-27(28(38)36-31)34-26(24)35-29(37)30(16-7-17-30)23-10-4-3-5-11-23/h3-5,10-11,19-22H,6-9,12-18,31H2,1-2H3,(H,36,38)(H,32,33,34)/t19?,20-,21?/m1/s1. The number of carbonyl (C=O) groups is 1. The number of imidazole rings is 1. The zero-order chi connectivity index (χ0) is 26.3. The van der Waals surface area contributed by atoms with Gasteiger partial charge in [-0.2, -0.15) is 0 Å². The number of amides is 1. The fourth-order valence-corrected chi connectivity index (χ4v) is 6.82. The molecule has 3 aromatic rings. The third kappa shape index (κ3) is 4.46. The van der Waals surface area contributed by atoms with Crippen molar-refractivity contribution >= 4 is 22.9 Å². The summed E-state index contributed by atoms with van der Waals surface area (Å²) in [7, 11) is 0. The van der Waals surface area contributed by atoms with Gasteiger partial charge in [0.2, 0.25) is 5.82 Å². The zero-order valence-electron chi connectivity index (χ0n) is 22.7. The van der Waals surface area contributed by atoms with Crippen LogP contribution in [-0.2, 0) is 12.0 Å². The molecule has 0 unspecified atom stereocenters. The Hall–Kier alpha value is -3.00. The van der Waals surface area contributed by atoms with Crippen LogP contribution in [-0.4, -0.2) is 31.5 Å². The molecule has 3 aliphatic carbocycles. The highest BCUT2D eigenvalue weighted by molar-refractivity contribution is 5.94. The largest absolute Gasteiger partial charge is 0.365 e. The molecule has 6 rings (SSSR count). The van der Waals surface area contributed by atoms with Crippen LogP contribution in [0.3, 0.4) is 0 Å². The van der Waals surface area contributed by atoms with Crippen molar-refractivity contribution in [3.05, 3.63) is 47.5 Å². The highest BCUT2D eigenvalue weighted by Crippen LogP contribution is 2.50. The minimum absolute atomic E-state index is 0.0633. The molecule has 202 valence electrons. The van der Waals surface area contributed by atoms with Crippen LogP contribution in [0.15, 0.2) is 30.3 Å². The molecule has 0 radical (unpaired) electrons. The van der Waals surface area contributed by atoms with Crippen LogP contribution in [0.4, 0.5) is 5.82 Å². The van der Waals surface area contributed by atoms with Gasteiger partial charge >= 0.3 is 5.91 Å². The fraction of sp³-hybridized carbons (Fsp3) is 0.600. The van der Waals surface area contributed by atoms with E-state index in [-0.39, 0.29) is 17.3 Å². The third-order valence-electron chi connectivity index (χ3n) is 9.70. The van der Waals surface area contributed by atoms with E-state index in [1.807, 2.05) is 0 Å². The molecular weight excluding hydrogens is 474 g/mol. The van der Waals surface area contributed by atoms with E-state index < -0.39 is 5.91 Å². The van der Waals surface area contributed by atoms with Crippen LogP contribution in [0, 0.1) is 17.8 Å². The minimum atomic E-state index is -0.495. The van der Waals surface area contributed by atoms with Crippen molar-refractivity contribution in [1.82, 2.24) is 24.9 Å². The average molecular weight is 516 g/mol. The van der Waals surface area contributed by atoms with Gasteiger partial charge in [0.05, 0.1) is 5.41 Å². The lowest BCUT2D eigenvalue weighted by Crippen LogP contribution is -2.39. The van der Waals surface area contributed by atoms with E-state index in [0.29, 0.717) is 23.3 Å². The summed E-state index contributed by atoms with van der Waals surface area (Å²) in [4.78, 5) is 27.3. The van der Waals surface area contributed by atoms with Gasteiger partial charge in [0.15, 0.2) is 11.5 Å². The number of nitrogens with one attached hydrogen (secondary N) is 2. The van der Waals surface area contributed by atoms with Gasteiger partial charge in [-0.25, -0.2) is 20.8 Å². The summed E-state index contributed by atoms with van der Waals surface area (Å²) in [6, 6.07) is 11.1. The van der Waals surface area contributed by atoms with Crippen LogP contribution in [0.2, 0.25) is 0 Å². The summed E-state index contributed by atoms with van der Waals surface area (Å²) in [5.74, 6) is 8.86. The van der Waals surface area contributed by atoms with Crippen LogP contribution in [0.5, 0.6) is 0 Å². The fourth-order valence-electron chi connectivity index (χ4n) is 6.82. The van der Waals surface area contributed by atoms with Gasteiger partial charge in [0.25, 0.3) is 0 Å². The van der Waals surface area contributed by atoms with Gasteiger partial charge < -0.3 is 9.88 Å². The molecule has 0 saturated heterocycles. The molecule has 1 amide bonds. The van der Waals surface area contributed by atoms with E-state index in [1.165, 1.54) is 56.9 Å². The number of carbonyl (C=O) groups excluding carboxylic acids is 1. The zero-order valence-corrected chi connectivity index (χ0v) is 22.7. The Bertz CT molecular complexity index is 1290. The molecule has 8 nitrogen and oxygen atoms in total. The topological polar surface area (TPSA) is 111 Å². The SMILES string of the molecule is CC1CCC(Cn2c(C3(c4ccccc4)CCC3)nc3nc(C(=O)NN)nc(N[C@H](C)C4CCC4)c32)CC1. The van der Waals surface area contributed by atoms with Crippen LogP contribution >= 0.6 is 0 Å². The van der Waals surface area contributed by atoms with Gasteiger partial charge in [-0.3, -0.25) is 10.2 Å². The van der Waals surface area contributed by atoms with Crippen molar-refractivity contribution in [2.45, 2.75) is 96.1 Å². The lowest BCUT2D eigenvalue weighted by atomic mass is 9.63. The number of nitrogen functional groups attached to an aromatic ring is 1. The molecule has 4 N–H and O–H groups in total. The summed E-state index contributed by atoms with van der Waals surface area (Å²) in [6.07, 6.45) is 12.0. The summed E-state index contributed by atoms with van der Waals surface area (Å²) < 4.78 is 2.43. The third-order valence-corrected chi connectivity index (χ3v) is 9.70. The normalized spacial score (nSPS) is 23.9.